The Kier molecular flexibility index (Phi) is 9.40. The molecule has 0 aliphatic heterocycles. The van der Waals surface area contributed by atoms with Gasteiger partial charge in [-0.15, -0.1) is 0 Å². The molecule has 0 bridgehead atoms. The summed E-state index contributed by atoms with van der Waals surface area (Å²) in [7, 11) is 1.54. The van der Waals surface area contributed by atoms with Crippen LogP contribution in [0, 0.1) is 6.92 Å². The van der Waals surface area contributed by atoms with E-state index < -0.39 is 5.91 Å². The lowest BCUT2D eigenvalue weighted by atomic mass is 9.93. The Morgan fingerprint density at radius 2 is 1.69 bits per heavy atom. The van der Waals surface area contributed by atoms with Crippen molar-refractivity contribution in [1.82, 2.24) is 4.90 Å². The highest BCUT2D eigenvalue weighted by Gasteiger charge is 2.26. The van der Waals surface area contributed by atoms with Crippen molar-refractivity contribution in [1.29, 1.82) is 0 Å². The molecule has 1 fully saturated rings. The van der Waals surface area contributed by atoms with Crippen LogP contribution in [0.1, 0.15) is 68.6 Å². The number of methoxy groups -OCH3 is 1. The summed E-state index contributed by atoms with van der Waals surface area (Å²) in [4.78, 5) is 26.5. The molecule has 7 heteroatoms. The molecule has 2 aromatic rings. The number of amides is 2. The number of nitrogens with zero attached hydrogens (tertiary/aromatic N) is 1. The van der Waals surface area contributed by atoms with Gasteiger partial charge in [-0.05, 0) is 60.6 Å². The predicted octanol–water partition coefficient (Wildman–Crippen LogP) is 4.73. The van der Waals surface area contributed by atoms with Gasteiger partial charge in [-0.2, -0.15) is 0 Å². The average Bonchev–Trinajstić information content (AvgIpc) is 2.85. The number of nitrogens with two attached hydrogens (primary N) is 1. The quantitative estimate of drug-likeness (QED) is 0.500. The largest absolute Gasteiger partial charge is 0.493 e. The third kappa shape index (κ3) is 7.38. The van der Waals surface area contributed by atoms with Crippen molar-refractivity contribution in [3.63, 3.8) is 0 Å². The maximum Gasteiger partial charge on any atom is 0.261 e. The number of ether oxygens (including phenoxy) is 3. The molecule has 0 saturated heterocycles. The highest BCUT2D eigenvalue weighted by atomic mass is 16.5. The zero-order valence-electron chi connectivity index (χ0n) is 21.3. The number of carbonyl (C=O) groups is 2. The Labute approximate surface area is 208 Å². The van der Waals surface area contributed by atoms with Crippen molar-refractivity contribution in [3.05, 3.63) is 53.1 Å². The molecule has 0 spiro atoms. The van der Waals surface area contributed by atoms with E-state index in [-0.39, 0.29) is 25.2 Å². The third-order valence-corrected chi connectivity index (χ3v) is 6.43. The maximum atomic E-state index is 13.5. The van der Waals surface area contributed by atoms with Crippen LogP contribution in [-0.2, 0) is 16.1 Å². The fraction of sp³-hybridized carbons (Fsp3) is 0.500. The van der Waals surface area contributed by atoms with Crippen LogP contribution in [0.15, 0.2) is 36.4 Å². The van der Waals surface area contributed by atoms with Crippen molar-refractivity contribution in [3.8, 4) is 17.2 Å². The van der Waals surface area contributed by atoms with Gasteiger partial charge in [0.15, 0.2) is 24.7 Å². The number of hydrogen-bond acceptors (Lipinski definition) is 5. The van der Waals surface area contributed by atoms with Crippen LogP contribution in [0.3, 0.4) is 0 Å². The molecule has 2 aromatic carbocycles. The molecule has 3 rings (SSSR count). The minimum Gasteiger partial charge on any atom is -0.493 e. The van der Waals surface area contributed by atoms with Crippen molar-refractivity contribution < 1.29 is 23.8 Å². The molecule has 0 aromatic heterocycles. The zero-order chi connectivity index (χ0) is 25.4. The second-order valence-electron chi connectivity index (χ2n) is 9.54. The van der Waals surface area contributed by atoms with E-state index in [0.29, 0.717) is 24.0 Å². The minimum absolute atomic E-state index is 0.00336. The lowest BCUT2D eigenvalue weighted by molar-refractivity contribution is -0.137. The summed E-state index contributed by atoms with van der Waals surface area (Å²) in [5, 5.41) is 0. The van der Waals surface area contributed by atoms with Gasteiger partial charge >= 0.3 is 0 Å². The van der Waals surface area contributed by atoms with Crippen LogP contribution in [0.25, 0.3) is 0 Å². The smallest absolute Gasteiger partial charge is 0.261 e. The molecule has 35 heavy (non-hydrogen) atoms. The number of hydrogen-bond donors (Lipinski definition) is 1. The molecule has 1 aliphatic carbocycles. The molecular weight excluding hydrogens is 444 g/mol. The summed E-state index contributed by atoms with van der Waals surface area (Å²) < 4.78 is 17.0. The minimum atomic E-state index is -0.556. The molecule has 0 heterocycles. The standard InChI is InChI=1S/C28H38N2O5/c1-19(2)23-12-10-20(3)14-25(23)35-18-28(32)30(22-8-6-5-7-9-22)16-21-11-13-24(26(15-21)33-4)34-17-27(29)31/h10-15,19,22H,5-9,16-18H2,1-4H3,(H2,29,31). The van der Waals surface area contributed by atoms with E-state index in [0.717, 1.165) is 48.1 Å². The summed E-state index contributed by atoms with van der Waals surface area (Å²) in [6, 6.07) is 11.8. The molecular formula is C28H38N2O5. The Morgan fingerprint density at radius 3 is 2.34 bits per heavy atom. The number of rotatable bonds is 11. The molecule has 190 valence electrons. The molecule has 0 unspecified atom stereocenters. The molecule has 1 aliphatic rings. The van der Waals surface area contributed by atoms with Gasteiger partial charge in [-0.25, -0.2) is 0 Å². The van der Waals surface area contributed by atoms with Gasteiger partial charge in [0.2, 0.25) is 0 Å². The average molecular weight is 483 g/mol. The fourth-order valence-corrected chi connectivity index (χ4v) is 4.55. The fourth-order valence-electron chi connectivity index (χ4n) is 4.55. The Bertz CT molecular complexity index is 1010. The van der Waals surface area contributed by atoms with Crippen LogP contribution < -0.4 is 19.9 Å². The lowest BCUT2D eigenvalue weighted by Gasteiger charge is -2.34. The zero-order valence-corrected chi connectivity index (χ0v) is 21.3. The first-order valence-corrected chi connectivity index (χ1v) is 12.4. The van der Waals surface area contributed by atoms with Crippen molar-refractivity contribution >= 4 is 11.8 Å². The molecule has 7 nitrogen and oxygen atoms in total. The summed E-state index contributed by atoms with van der Waals surface area (Å²) in [6.07, 6.45) is 5.42. The van der Waals surface area contributed by atoms with E-state index in [1.54, 1.807) is 13.2 Å². The number of carbonyl (C=O) groups excluding carboxylic acids is 2. The summed E-state index contributed by atoms with van der Waals surface area (Å²) in [5.41, 5.74) is 8.31. The maximum absolute atomic E-state index is 13.5. The van der Waals surface area contributed by atoms with Crippen LogP contribution in [-0.4, -0.2) is 43.1 Å². The molecule has 2 N–H and O–H groups in total. The first-order valence-electron chi connectivity index (χ1n) is 12.4. The number of primary amides is 1. The summed E-state index contributed by atoms with van der Waals surface area (Å²) in [5.74, 6) is 1.43. The molecule has 0 atom stereocenters. The predicted molar refractivity (Wildman–Crippen MR) is 136 cm³/mol. The van der Waals surface area contributed by atoms with E-state index in [2.05, 4.69) is 26.0 Å². The molecule has 0 radical (unpaired) electrons. The van der Waals surface area contributed by atoms with Gasteiger partial charge in [0.05, 0.1) is 7.11 Å². The molecule has 1 saturated carbocycles. The highest BCUT2D eigenvalue weighted by molar-refractivity contribution is 5.78. The van der Waals surface area contributed by atoms with E-state index in [1.165, 1.54) is 6.42 Å². The van der Waals surface area contributed by atoms with Crippen molar-refractivity contribution in [2.24, 2.45) is 5.73 Å². The second kappa shape index (κ2) is 12.5. The lowest BCUT2D eigenvalue weighted by Crippen LogP contribution is -2.43. The Hall–Kier alpha value is -3.22. The third-order valence-electron chi connectivity index (χ3n) is 6.43. The number of benzene rings is 2. The van der Waals surface area contributed by atoms with Gasteiger partial charge in [0, 0.05) is 12.6 Å². The van der Waals surface area contributed by atoms with Gasteiger partial charge in [0.1, 0.15) is 5.75 Å². The van der Waals surface area contributed by atoms with Crippen molar-refractivity contribution in [2.75, 3.05) is 20.3 Å². The van der Waals surface area contributed by atoms with E-state index in [1.807, 2.05) is 30.0 Å². The summed E-state index contributed by atoms with van der Waals surface area (Å²) in [6.45, 7) is 6.49. The van der Waals surface area contributed by atoms with Gasteiger partial charge in [-0.1, -0.05) is 51.3 Å². The first-order chi connectivity index (χ1) is 16.8. The molecule has 2 amide bonds. The number of aryl methyl sites for hydroxylation is 1. The Balaban J connectivity index is 1.78. The van der Waals surface area contributed by atoms with E-state index in [4.69, 9.17) is 19.9 Å². The van der Waals surface area contributed by atoms with E-state index >= 15 is 0 Å². The van der Waals surface area contributed by atoms with Crippen LogP contribution in [0.4, 0.5) is 0 Å². The Morgan fingerprint density at radius 1 is 0.971 bits per heavy atom. The van der Waals surface area contributed by atoms with Crippen LogP contribution in [0.2, 0.25) is 0 Å². The first kappa shape index (κ1) is 26.4. The van der Waals surface area contributed by atoms with Crippen LogP contribution in [0.5, 0.6) is 17.2 Å². The second-order valence-corrected chi connectivity index (χ2v) is 9.54. The van der Waals surface area contributed by atoms with E-state index in [9.17, 15) is 9.59 Å². The monoisotopic (exact) mass is 482 g/mol. The van der Waals surface area contributed by atoms with Crippen LogP contribution >= 0.6 is 0 Å². The van der Waals surface area contributed by atoms with Gasteiger partial charge in [-0.3, -0.25) is 9.59 Å². The summed E-state index contributed by atoms with van der Waals surface area (Å²) >= 11 is 0. The highest BCUT2D eigenvalue weighted by Crippen LogP contribution is 2.31. The van der Waals surface area contributed by atoms with Crippen molar-refractivity contribution in [2.45, 2.75) is 71.4 Å². The topological polar surface area (TPSA) is 91.1 Å². The SMILES string of the molecule is COc1cc(CN(C(=O)COc2cc(C)ccc2C(C)C)C2CCCCC2)ccc1OCC(N)=O. The van der Waals surface area contributed by atoms with Gasteiger partial charge < -0.3 is 24.8 Å². The van der Waals surface area contributed by atoms with Gasteiger partial charge in [0.25, 0.3) is 11.8 Å². The normalized spacial score (nSPS) is 14.0.